The minimum atomic E-state index is -0.387. The van der Waals surface area contributed by atoms with Crippen LogP contribution in [0.2, 0.25) is 0 Å². The number of hydrogen-bond donors (Lipinski definition) is 4. The summed E-state index contributed by atoms with van der Waals surface area (Å²) in [6.45, 7) is 4.88. The second kappa shape index (κ2) is 8.68. The molecule has 0 unspecified atom stereocenters. The summed E-state index contributed by atoms with van der Waals surface area (Å²) in [7, 11) is 0. The fraction of sp³-hybridized carbons (Fsp3) is 0.333. The Kier molecular flexibility index (Phi) is 6.08. The number of benzene rings is 2. The Balaban J connectivity index is 1.70. The van der Waals surface area contributed by atoms with Crippen molar-refractivity contribution < 1.29 is 19.9 Å². The minimum Gasteiger partial charge on any atom is -0.508 e. The number of piperidine rings is 1. The van der Waals surface area contributed by atoms with Crippen LogP contribution in [0.4, 0.5) is 0 Å². The van der Waals surface area contributed by atoms with Gasteiger partial charge in [-0.15, -0.1) is 0 Å². The average molecular weight is 368 g/mol. The molecule has 0 atom stereocenters. The van der Waals surface area contributed by atoms with Gasteiger partial charge in [-0.3, -0.25) is 4.79 Å². The highest BCUT2D eigenvalue weighted by Crippen LogP contribution is 2.18. The number of nitrogens with zero attached hydrogens (tertiary/aromatic N) is 1. The molecule has 2 aromatic carbocycles. The fourth-order valence-corrected chi connectivity index (χ4v) is 3.36. The van der Waals surface area contributed by atoms with Gasteiger partial charge in [0.05, 0.1) is 18.8 Å². The summed E-state index contributed by atoms with van der Waals surface area (Å²) >= 11 is 0. The van der Waals surface area contributed by atoms with E-state index >= 15 is 0 Å². The number of hydrogen-bond acceptors (Lipinski definition) is 4. The third kappa shape index (κ3) is 5.08. The van der Waals surface area contributed by atoms with Crippen LogP contribution < -0.4 is 10.3 Å². The predicted molar refractivity (Wildman–Crippen MR) is 104 cm³/mol. The SMILES string of the molecule is C/C(=N\NC(=O)c1cccc(O)c1)c1ccc(O)c(C[NH+]2CCCCC2)c1. The molecule has 0 aromatic heterocycles. The molecule has 1 heterocycles. The summed E-state index contributed by atoms with van der Waals surface area (Å²) in [6, 6.07) is 11.5. The number of hydrazone groups is 1. The first-order valence-corrected chi connectivity index (χ1v) is 9.32. The topological polar surface area (TPSA) is 86.4 Å². The number of quaternary nitrogens is 1. The molecule has 1 aliphatic heterocycles. The highest BCUT2D eigenvalue weighted by Gasteiger charge is 2.16. The van der Waals surface area contributed by atoms with E-state index in [1.54, 1.807) is 24.3 Å². The monoisotopic (exact) mass is 368 g/mol. The molecule has 1 saturated heterocycles. The first-order chi connectivity index (χ1) is 13.0. The second-order valence-corrected chi connectivity index (χ2v) is 7.02. The zero-order chi connectivity index (χ0) is 19.2. The zero-order valence-electron chi connectivity index (χ0n) is 15.5. The van der Waals surface area contributed by atoms with Gasteiger partial charge in [0, 0.05) is 11.1 Å². The van der Waals surface area contributed by atoms with Gasteiger partial charge in [-0.25, -0.2) is 5.43 Å². The molecular weight excluding hydrogens is 342 g/mol. The summed E-state index contributed by atoms with van der Waals surface area (Å²) in [5.74, 6) is -0.0535. The maximum absolute atomic E-state index is 12.1. The largest absolute Gasteiger partial charge is 0.508 e. The number of nitrogens with one attached hydrogen (secondary N) is 2. The summed E-state index contributed by atoms with van der Waals surface area (Å²) in [4.78, 5) is 13.6. The number of phenolic OH excluding ortho intramolecular Hbond substituents is 2. The van der Waals surface area contributed by atoms with Gasteiger partial charge in [-0.05, 0) is 68.1 Å². The lowest BCUT2D eigenvalue weighted by molar-refractivity contribution is -0.918. The Morgan fingerprint density at radius 2 is 1.85 bits per heavy atom. The van der Waals surface area contributed by atoms with E-state index < -0.39 is 0 Å². The van der Waals surface area contributed by atoms with Crippen molar-refractivity contribution >= 4 is 11.6 Å². The molecule has 3 rings (SSSR count). The maximum atomic E-state index is 12.1. The number of rotatable bonds is 5. The third-order valence-electron chi connectivity index (χ3n) is 4.93. The lowest BCUT2D eigenvalue weighted by atomic mass is 10.0. The number of aromatic hydroxyl groups is 2. The lowest BCUT2D eigenvalue weighted by Gasteiger charge is -2.24. The molecule has 27 heavy (non-hydrogen) atoms. The highest BCUT2D eigenvalue weighted by molar-refractivity contribution is 6.01. The van der Waals surface area contributed by atoms with Crippen LogP contribution in [0, 0.1) is 0 Å². The molecule has 0 saturated carbocycles. The van der Waals surface area contributed by atoms with Gasteiger partial charge < -0.3 is 15.1 Å². The van der Waals surface area contributed by atoms with Crippen LogP contribution in [0.3, 0.4) is 0 Å². The lowest BCUT2D eigenvalue weighted by Crippen LogP contribution is -3.11. The van der Waals surface area contributed by atoms with Crippen molar-refractivity contribution in [1.29, 1.82) is 0 Å². The van der Waals surface area contributed by atoms with Crippen molar-refractivity contribution in [2.75, 3.05) is 13.1 Å². The van der Waals surface area contributed by atoms with Crippen molar-refractivity contribution in [3.8, 4) is 11.5 Å². The van der Waals surface area contributed by atoms with Crippen LogP contribution >= 0.6 is 0 Å². The van der Waals surface area contributed by atoms with E-state index in [-0.39, 0.29) is 11.7 Å². The Bertz CT molecular complexity index is 842. The van der Waals surface area contributed by atoms with E-state index in [0.717, 1.165) is 30.8 Å². The van der Waals surface area contributed by atoms with Gasteiger partial charge in [0.25, 0.3) is 5.91 Å². The molecule has 1 fully saturated rings. The minimum absolute atomic E-state index is 0.0340. The normalized spacial score (nSPS) is 15.5. The summed E-state index contributed by atoms with van der Waals surface area (Å²) in [6.07, 6.45) is 3.76. The van der Waals surface area contributed by atoms with Crippen LogP contribution in [-0.4, -0.2) is 34.9 Å². The number of amides is 1. The van der Waals surface area contributed by atoms with Crippen molar-refractivity contribution in [3.05, 3.63) is 59.2 Å². The van der Waals surface area contributed by atoms with E-state index in [1.807, 2.05) is 13.0 Å². The van der Waals surface area contributed by atoms with Gasteiger partial charge in [0.15, 0.2) is 0 Å². The standard InChI is InChI=1S/C21H25N3O3/c1-15(22-23-21(27)17-6-5-7-19(25)13-17)16-8-9-20(26)18(12-16)14-24-10-3-2-4-11-24/h5-9,12-13,25-26H,2-4,10-11,14H2,1H3,(H,23,27)/p+1/b22-15+. The fourth-order valence-electron chi connectivity index (χ4n) is 3.36. The van der Waals surface area contributed by atoms with Crippen molar-refractivity contribution in [2.24, 2.45) is 5.10 Å². The Morgan fingerprint density at radius 1 is 1.07 bits per heavy atom. The molecule has 0 radical (unpaired) electrons. The number of carbonyl (C=O) groups is 1. The highest BCUT2D eigenvalue weighted by atomic mass is 16.3. The van der Waals surface area contributed by atoms with Crippen molar-refractivity contribution in [2.45, 2.75) is 32.7 Å². The van der Waals surface area contributed by atoms with E-state index in [1.165, 1.54) is 36.3 Å². The molecule has 6 nitrogen and oxygen atoms in total. The van der Waals surface area contributed by atoms with Crippen molar-refractivity contribution in [1.82, 2.24) is 5.43 Å². The quantitative estimate of drug-likeness (QED) is 0.480. The molecule has 2 aromatic rings. The van der Waals surface area contributed by atoms with Gasteiger partial charge in [0.2, 0.25) is 0 Å². The van der Waals surface area contributed by atoms with E-state index in [4.69, 9.17) is 0 Å². The maximum Gasteiger partial charge on any atom is 0.271 e. The Labute approximate surface area is 159 Å². The summed E-state index contributed by atoms with van der Waals surface area (Å²) in [5, 5.41) is 23.8. The first-order valence-electron chi connectivity index (χ1n) is 9.32. The number of phenols is 2. The molecule has 6 heteroatoms. The zero-order valence-corrected chi connectivity index (χ0v) is 15.5. The van der Waals surface area contributed by atoms with Crippen LogP contribution in [0.1, 0.15) is 47.7 Å². The summed E-state index contributed by atoms with van der Waals surface area (Å²) in [5.41, 5.74) is 5.26. The van der Waals surface area contributed by atoms with Gasteiger partial charge in [-0.2, -0.15) is 5.10 Å². The van der Waals surface area contributed by atoms with Gasteiger partial charge in [-0.1, -0.05) is 6.07 Å². The Hall–Kier alpha value is -2.86. The molecule has 1 amide bonds. The van der Waals surface area contributed by atoms with E-state index in [9.17, 15) is 15.0 Å². The van der Waals surface area contributed by atoms with Crippen molar-refractivity contribution in [3.63, 3.8) is 0 Å². The van der Waals surface area contributed by atoms with E-state index in [2.05, 4.69) is 10.5 Å². The molecule has 0 aliphatic carbocycles. The predicted octanol–water partition coefficient (Wildman–Crippen LogP) is 1.82. The second-order valence-electron chi connectivity index (χ2n) is 7.02. The number of likely N-dealkylation sites (tertiary alicyclic amines) is 1. The van der Waals surface area contributed by atoms with Crippen LogP contribution in [0.15, 0.2) is 47.6 Å². The molecule has 0 bridgehead atoms. The van der Waals surface area contributed by atoms with E-state index in [0.29, 0.717) is 17.0 Å². The summed E-state index contributed by atoms with van der Waals surface area (Å²) < 4.78 is 0. The van der Waals surface area contributed by atoms with Gasteiger partial charge in [0.1, 0.15) is 18.0 Å². The third-order valence-corrected chi connectivity index (χ3v) is 4.93. The van der Waals surface area contributed by atoms with Crippen LogP contribution in [0.25, 0.3) is 0 Å². The number of carbonyl (C=O) groups excluding carboxylic acids is 1. The van der Waals surface area contributed by atoms with Crippen LogP contribution in [-0.2, 0) is 6.54 Å². The average Bonchev–Trinajstić information content (AvgIpc) is 2.68. The molecular formula is C21H26N3O3+. The van der Waals surface area contributed by atoms with Crippen LogP contribution in [0.5, 0.6) is 11.5 Å². The first kappa shape index (κ1) is 18.9. The molecule has 0 spiro atoms. The molecule has 4 N–H and O–H groups in total. The smallest absolute Gasteiger partial charge is 0.271 e. The van der Waals surface area contributed by atoms with Gasteiger partial charge >= 0.3 is 0 Å². The molecule has 1 aliphatic rings. The molecule has 142 valence electrons. The Morgan fingerprint density at radius 3 is 2.59 bits per heavy atom.